The van der Waals surface area contributed by atoms with Crippen molar-refractivity contribution >= 4 is 11.4 Å². The molecule has 20 heavy (non-hydrogen) atoms. The zero-order valence-corrected chi connectivity index (χ0v) is 11.6. The van der Waals surface area contributed by atoms with Crippen molar-refractivity contribution in [3.63, 3.8) is 0 Å². The fourth-order valence-electron chi connectivity index (χ4n) is 2.40. The Morgan fingerprint density at radius 3 is 2.20 bits per heavy atom. The van der Waals surface area contributed by atoms with Crippen LogP contribution in [0.15, 0.2) is 54.6 Å². The van der Waals surface area contributed by atoms with Gasteiger partial charge < -0.3 is 10.1 Å². The van der Waals surface area contributed by atoms with Crippen molar-refractivity contribution in [2.75, 3.05) is 31.6 Å². The highest BCUT2D eigenvalue weighted by Crippen LogP contribution is 2.17. The predicted molar refractivity (Wildman–Crippen MR) is 82.3 cm³/mol. The minimum absolute atomic E-state index is 0.855. The van der Waals surface area contributed by atoms with Gasteiger partial charge in [-0.25, -0.2) is 0 Å². The van der Waals surface area contributed by atoms with E-state index in [1.165, 1.54) is 5.56 Å². The van der Waals surface area contributed by atoms with Crippen molar-refractivity contribution in [3.8, 4) is 0 Å². The molecular weight excluding hydrogens is 248 g/mol. The summed E-state index contributed by atoms with van der Waals surface area (Å²) in [6, 6.07) is 18.9. The molecule has 0 radical (unpaired) electrons. The second kappa shape index (κ2) is 6.55. The standard InChI is InChI=1S/C17H20N2O/c1-2-4-16(5-3-1)18-17-8-6-15(7-9-17)14-19-10-12-20-13-11-19/h1-9,18H,10-14H2. The molecule has 1 N–H and O–H groups in total. The predicted octanol–water partition coefficient (Wildman–Crippen LogP) is 3.26. The van der Waals surface area contributed by atoms with Crippen LogP contribution in [-0.2, 0) is 11.3 Å². The van der Waals surface area contributed by atoms with E-state index in [1.807, 2.05) is 18.2 Å². The molecule has 0 aliphatic carbocycles. The number of para-hydroxylation sites is 1. The lowest BCUT2D eigenvalue weighted by Crippen LogP contribution is -2.35. The topological polar surface area (TPSA) is 24.5 Å². The molecule has 0 saturated carbocycles. The van der Waals surface area contributed by atoms with E-state index >= 15 is 0 Å². The number of morpholine rings is 1. The van der Waals surface area contributed by atoms with Crippen LogP contribution in [0.1, 0.15) is 5.56 Å². The molecule has 1 aliphatic rings. The maximum atomic E-state index is 5.37. The number of nitrogens with one attached hydrogen (secondary N) is 1. The first-order valence-corrected chi connectivity index (χ1v) is 7.11. The molecule has 3 nitrogen and oxygen atoms in total. The summed E-state index contributed by atoms with van der Waals surface area (Å²) < 4.78 is 5.37. The van der Waals surface area contributed by atoms with E-state index in [9.17, 15) is 0 Å². The van der Waals surface area contributed by atoms with Crippen LogP contribution >= 0.6 is 0 Å². The highest BCUT2D eigenvalue weighted by Gasteiger charge is 2.10. The highest BCUT2D eigenvalue weighted by molar-refractivity contribution is 5.59. The Balaban J connectivity index is 1.59. The van der Waals surface area contributed by atoms with E-state index in [2.05, 4.69) is 46.6 Å². The smallest absolute Gasteiger partial charge is 0.0594 e. The third-order valence-corrected chi connectivity index (χ3v) is 3.53. The molecule has 1 fully saturated rings. The zero-order valence-electron chi connectivity index (χ0n) is 11.6. The largest absolute Gasteiger partial charge is 0.379 e. The van der Waals surface area contributed by atoms with Crippen molar-refractivity contribution < 1.29 is 4.74 Å². The molecule has 0 amide bonds. The summed E-state index contributed by atoms with van der Waals surface area (Å²) in [5.74, 6) is 0. The number of anilines is 2. The fraction of sp³-hybridized carbons (Fsp3) is 0.294. The molecular formula is C17H20N2O. The van der Waals surface area contributed by atoms with Gasteiger partial charge in [0, 0.05) is 31.0 Å². The third kappa shape index (κ3) is 3.59. The fourth-order valence-corrected chi connectivity index (χ4v) is 2.40. The molecule has 3 rings (SSSR count). The Kier molecular flexibility index (Phi) is 4.31. The average molecular weight is 268 g/mol. The van der Waals surface area contributed by atoms with Gasteiger partial charge in [0.1, 0.15) is 0 Å². The van der Waals surface area contributed by atoms with E-state index < -0.39 is 0 Å². The molecule has 3 heteroatoms. The molecule has 2 aromatic carbocycles. The third-order valence-electron chi connectivity index (χ3n) is 3.53. The molecule has 104 valence electrons. The minimum atomic E-state index is 0.855. The monoisotopic (exact) mass is 268 g/mol. The van der Waals surface area contributed by atoms with Crippen molar-refractivity contribution in [3.05, 3.63) is 60.2 Å². The lowest BCUT2D eigenvalue weighted by Gasteiger charge is -2.26. The summed E-state index contributed by atoms with van der Waals surface area (Å²) in [4.78, 5) is 2.43. The van der Waals surface area contributed by atoms with Crippen LogP contribution in [0.2, 0.25) is 0 Å². The Bertz CT molecular complexity index is 518. The number of ether oxygens (including phenoxy) is 1. The Labute approximate surface area is 120 Å². The van der Waals surface area contributed by atoms with E-state index in [-0.39, 0.29) is 0 Å². The van der Waals surface area contributed by atoms with E-state index in [0.717, 1.165) is 44.2 Å². The maximum absolute atomic E-state index is 5.37. The van der Waals surface area contributed by atoms with Gasteiger partial charge in [-0.05, 0) is 29.8 Å². The molecule has 0 atom stereocenters. The first kappa shape index (κ1) is 13.2. The minimum Gasteiger partial charge on any atom is -0.379 e. The lowest BCUT2D eigenvalue weighted by atomic mass is 10.2. The molecule has 1 aliphatic heterocycles. The van der Waals surface area contributed by atoms with Crippen LogP contribution in [0.4, 0.5) is 11.4 Å². The van der Waals surface area contributed by atoms with Crippen LogP contribution in [0.25, 0.3) is 0 Å². The summed E-state index contributed by atoms with van der Waals surface area (Å²) in [5.41, 5.74) is 3.60. The van der Waals surface area contributed by atoms with Crippen molar-refractivity contribution in [2.45, 2.75) is 6.54 Å². The Hall–Kier alpha value is -1.84. The SMILES string of the molecule is c1ccc(Nc2ccc(CN3CCOCC3)cc2)cc1. The molecule has 0 aromatic heterocycles. The van der Waals surface area contributed by atoms with Gasteiger partial charge in [0.15, 0.2) is 0 Å². The van der Waals surface area contributed by atoms with Crippen LogP contribution in [0, 0.1) is 0 Å². The highest BCUT2D eigenvalue weighted by atomic mass is 16.5. The number of hydrogen-bond donors (Lipinski definition) is 1. The van der Waals surface area contributed by atoms with Crippen molar-refractivity contribution in [1.82, 2.24) is 4.90 Å². The van der Waals surface area contributed by atoms with Crippen LogP contribution in [0.5, 0.6) is 0 Å². The van der Waals surface area contributed by atoms with Crippen LogP contribution in [-0.4, -0.2) is 31.2 Å². The van der Waals surface area contributed by atoms with E-state index in [1.54, 1.807) is 0 Å². The normalized spacial score (nSPS) is 16.0. The van der Waals surface area contributed by atoms with E-state index in [4.69, 9.17) is 4.74 Å². The molecule has 1 heterocycles. The summed E-state index contributed by atoms with van der Waals surface area (Å²) in [6.07, 6.45) is 0. The van der Waals surface area contributed by atoms with Gasteiger partial charge in [-0.2, -0.15) is 0 Å². The maximum Gasteiger partial charge on any atom is 0.0594 e. The average Bonchev–Trinajstić information content (AvgIpc) is 2.51. The summed E-state index contributed by atoms with van der Waals surface area (Å²) >= 11 is 0. The summed E-state index contributed by atoms with van der Waals surface area (Å²) in [5, 5.41) is 3.40. The van der Waals surface area contributed by atoms with Crippen LogP contribution < -0.4 is 5.32 Å². The second-order valence-electron chi connectivity index (χ2n) is 5.08. The molecule has 0 spiro atoms. The Morgan fingerprint density at radius 1 is 0.850 bits per heavy atom. The lowest BCUT2D eigenvalue weighted by molar-refractivity contribution is 0.0342. The van der Waals surface area contributed by atoms with Gasteiger partial charge in [0.25, 0.3) is 0 Å². The second-order valence-corrected chi connectivity index (χ2v) is 5.08. The molecule has 0 bridgehead atoms. The molecule has 1 saturated heterocycles. The van der Waals surface area contributed by atoms with Gasteiger partial charge in [-0.1, -0.05) is 30.3 Å². The molecule has 2 aromatic rings. The van der Waals surface area contributed by atoms with Gasteiger partial charge in [0.05, 0.1) is 13.2 Å². The summed E-state index contributed by atoms with van der Waals surface area (Å²) in [6.45, 7) is 4.78. The number of hydrogen-bond acceptors (Lipinski definition) is 3. The van der Waals surface area contributed by atoms with Gasteiger partial charge in [0.2, 0.25) is 0 Å². The summed E-state index contributed by atoms with van der Waals surface area (Å²) in [7, 11) is 0. The van der Waals surface area contributed by atoms with Gasteiger partial charge in [-0.15, -0.1) is 0 Å². The number of rotatable bonds is 4. The first-order chi connectivity index (χ1) is 9.90. The van der Waals surface area contributed by atoms with Crippen molar-refractivity contribution in [2.24, 2.45) is 0 Å². The van der Waals surface area contributed by atoms with Crippen LogP contribution in [0.3, 0.4) is 0 Å². The van der Waals surface area contributed by atoms with Gasteiger partial charge in [-0.3, -0.25) is 4.90 Å². The van der Waals surface area contributed by atoms with Gasteiger partial charge >= 0.3 is 0 Å². The zero-order chi connectivity index (χ0) is 13.6. The Morgan fingerprint density at radius 2 is 1.50 bits per heavy atom. The quantitative estimate of drug-likeness (QED) is 0.921. The first-order valence-electron chi connectivity index (χ1n) is 7.11. The number of nitrogens with zero attached hydrogens (tertiary/aromatic N) is 1. The number of benzene rings is 2. The van der Waals surface area contributed by atoms with Crippen molar-refractivity contribution in [1.29, 1.82) is 0 Å². The molecule has 0 unspecified atom stereocenters. The van der Waals surface area contributed by atoms with E-state index in [0.29, 0.717) is 0 Å².